The predicted molar refractivity (Wildman–Crippen MR) is 84.2 cm³/mol. The van der Waals surface area contributed by atoms with Crippen LogP contribution in [-0.4, -0.2) is 9.97 Å². The molecule has 0 fully saturated rings. The highest BCUT2D eigenvalue weighted by atomic mass is 16.3. The number of benzene rings is 1. The van der Waals surface area contributed by atoms with E-state index < -0.39 is 0 Å². The van der Waals surface area contributed by atoms with E-state index in [1.807, 2.05) is 37.4 Å². The van der Waals surface area contributed by atoms with Gasteiger partial charge in [-0.15, -0.1) is 0 Å². The molecule has 0 atom stereocenters. The van der Waals surface area contributed by atoms with Crippen LogP contribution < -0.4 is 0 Å². The van der Waals surface area contributed by atoms with Crippen molar-refractivity contribution in [2.75, 3.05) is 0 Å². The Morgan fingerprint density at radius 2 is 1.90 bits per heavy atom. The molecule has 4 aromatic rings. The number of furan rings is 1. The van der Waals surface area contributed by atoms with Crippen molar-refractivity contribution >= 4 is 22.1 Å². The van der Waals surface area contributed by atoms with Crippen molar-refractivity contribution < 1.29 is 4.42 Å². The van der Waals surface area contributed by atoms with Gasteiger partial charge in [0.1, 0.15) is 5.58 Å². The summed E-state index contributed by atoms with van der Waals surface area (Å²) in [5.74, 6) is 0. The van der Waals surface area contributed by atoms with Crippen LogP contribution >= 0.6 is 0 Å². The fourth-order valence-corrected chi connectivity index (χ4v) is 2.70. The summed E-state index contributed by atoms with van der Waals surface area (Å²) in [6.07, 6.45) is 1.84. The molecular weight excluding hydrogens is 260 g/mol. The molecule has 102 valence electrons. The zero-order valence-electron chi connectivity index (χ0n) is 11.9. The summed E-state index contributed by atoms with van der Waals surface area (Å²) < 4.78 is 5.89. The number of aromatic nitrogens is 2. The van der Waals surface area contributed by atoms with Crippen molar-refractivity contribution in [1.82, 2.24) is 9.97 Å². The Balaban J connectivity index is 2.12. The fourth-order valence-electron chi connectivity index (χ4n) is 2.70. The van der Waals surface area contributed by atoms with Gasteiger partial charge in [0.05, 0.1) is 5.69 Å². The summed E-state index contributed by atoms with van der Waals surface area (Å²) in [5, 5.41) is 2.12. The fraction of sp³-hybridized carbons (Fsp3) is 0.111. The van der Waals surface area contributed by atoms with Crippen LogP contribution in [0.2, 0.25) is 0 Å². The third-order valence-electron chi connectivity index (χ3n) is 3.69. The molecule has 0 N–H and O–H groups in total. The molecule has 0 bridgehead atoms. The molecule has 3 heteroatoms. The Morgan fingerprint density at radius 1 is 1.00 bits per heavy atom. The van der Waals surface area contributed by atoms with Gasteiger partial charge >= 0.3 is 0 Å². The first-order valence-corrected chi connectivity index (χ1v) is 6.94. The second-order valence-electron chi connectivity index (χ2n) is 5.30. The number of hydrogen-bond donors (Lipinski definition) is 0. The van der Waals surface area contributed by atoms with E-state index in [-0.39, 0.29) is 0 Å². The van der Waals surface area contributed by atoms with Crippen molar-refractivity contribution in [2.45, 2.75) is 13.8 Å². The van der Waals surface area contributed by atoms with Gasteiger partial charge in [0.2, 0.25) is 5.71 Å². The Morgan fingerprint density at radius 3 is 2.76 bits per heavy atom. The number of pyridine rings is 2. The molecule has 0 saturated heterocycles. The average Bonchev–Trinajstić information content (AvgIpc) is 2.84. The molecule has 0 aliphatic rings. The maximum Gasteiger partial charge on any atom is 0.227 e. The predicted octanol–water partition coefficient (Wildman–Crippen LogP) is 4.66. The minimum absolute atomic E-state index is 0.685. The van der Waals surface area contributed by atoms with Crippen LogP contribution in [0.4, 0.5) is 0 Å². The third-order valence-corrected chi connectivity index (χ3v) is 3.69. The normalized spacial score (nSPS) is 11.3. The van der Waals surface area contributed by atoms with Gasteiger partial charge in [0.15, 0.2) is 0 Å². The molecule has 3 nitrogen and oxygen atoms in total. The Labute approximate surface area is 122 Å². The van der Waals surface area contributed by atoms with Crippen LogP contribution in [0.3, 0.4) is 0 Å². The Kier molecular flexibility index (Phi) is 2.54. The summed E-state index contributed by atoms with van der Waals surface area (Å²) in [6, 6.07) is 14.2. The van der Waals surface area contributed by atoms with Gasteiger partial charge in [-0.25, -0.2) is 4.98 Å². The lowest BCUT2D eigenvalue weighted by atomic mass is 10.0. The van der Waals surface area contributed by atoms with Gasteiger partial charge < -0.3 is 4.42 Å². The van der Waals surface area contributed by atoms with Crippen LogP contribution in [0.25, 0.3) is 33.3 Å². The zero-order chi connectivity index (χ0) is 14.4. The van der Waals surface area contributed by atoms with Gasteiger partial charge in [0.25, 0.3) is 0 Å². The Bertz CT molecular complexity index is 969. The highest BCUT2D eigenvalue weighted by molar-refractivity contribution is 6.11. The van der Waals surface area contributed by atoms with E-state index >= 15 is 0 Å². The smallest absolute Gasteiger partial charge is 0.227 e. The monoisotopic (exact) mass is 274 g/mol. The van der Waals surface area contributed by atoms with Crippen molar-refractivity contribution in [3.63, 3.8) is 0 Å². The number of hydrogen-bond acceptors (Lipinski definition) is 3. The molecule has 3 aromatic heterocycles. The standard InChI is InChI=1S/C18H14N2O/c1-11-8-9-19-15(10-11)13-4-3-5-16-17(13)14-7-6-12(2)20-18(14)21-16/h3-10H,1-2H3. The number of rotatable bonds is 1. The summed E-state index contributed by atoms with van der Waals surface area (Å²) in [7, 11) is 0. The third kappa shape index (κ3) is 1.89. The van der Waals surface area contributed by atoms with Crippen molar-refractivity contribution in [3.05, 3.63) is 59.9 Å². The number of nitrogens with zero attached hydrogens (tertiary/aromatic N) is 2. The molecule has 0 unspecified atom stereocenters. The highest BCUT2D eigenvalue weighted by Crippen LogP contribution is 2.35. The van der Waals surface area contributed by atoms with Crippen molar-refractivity contribution in [1.29, 1.82) is 0 Å². The SMILES string of the molecule is Cc1ccnc(-c2cccc3oc4nc(C)ccc4c23)c1. The van der Waals surface area contributed by atoms with E-state index in [0.29, 0.717) is 5.71 Å². The number of fused-ring (bicyclic) bond motifs is 3. The molecule has 0 amide bonds. The molecule has 21 heavy (non-hydrogen) atoms. The second-order valence-corrected chi connectivity index (χ2v) is 5.30. The Hall–Kier alpha value is -2.68. The quantitative estimate of drug-likeness (QED) is 0.506. The lowest BCUT2D eigenvalue weighted by Crippen LogP contribution is -1.85. The van der Waals surface area contributed by atoms with E-state index in [1.165, 1.54) is 5.56 Å². The van der Waals surface area contributed by atoms with Crippen LogP contribution in [0.1, 0.15) is 11.3 Å². The van der Waals surface area contributed by atoms with Gasteiger partial charge in [-0.1, -0.05) is 12.1 Å². The molecule has 0 saturated carbocycles. The van der Waals surface area contributed by atoms with Crippen molar-refractivity contribution in [3.8, 4) is 11.3 Å². The van der Waals surface area contributed by atoms with Gasteiger partial charge in [-0.3, -0.25) is 4.98 Å². The maximum absolute atomic E-state index is 5.89. The molecular formula is C18H14N2O. The molecule has 1 aromatic carbocycles. The lowest BCUT2D eigenvalue weighted by Gasteiger charge is -2.03. The first-order chi connectivity index (χ1) is 10.2. The van der Waals surface area contributed by atoms with Crippen molar-refractivity contribution in [2.24, 2.45) is 0 Å². The second kappa shape index (κ2) is 4.42. The molecule has 4 rings (SSSR count). The van der Waals surface area contributed by atoms with Gasteiger partial charge in [-0.05, 0) is 49.7 Å². The van der Waals surface area contributed by atoms with E-state index in [9.17, 15) is 0 Å². The summed E-state index contributed by atoms with van der Waals surface area (Å²) in [5.41, 5.74) is 5.73. The minimum Gasteiger partial charge on any atom is -0.438 e. The molecule has 0 aliphatic heterocycles. The average molecular weight is 274 g/mol. The zero-order valence-corrected chi connectivity index (χ0v) is 11.9. The van der Waals surface area contributed by atoms with Crippen LogP contribution in [0.5, 0.6) is 0 Å². The first-order valence-electron chi connectivity index (χ1n) is 6.94. The molecule has 0 aliphatic carbocycles. The number of aryl methyl sites for hydroxylation is 2. The van der Waals surface area contributed by atoms with Gasteiger partial charge in [0, 0.05) is 28.2 Å². The topological polar surface area (TPSA) is 38.9 Å². The van der Waals surface area contributed by atoms with Crippen LogP contribution in [0, 0.1) is 13.8 Å². The summed E-state index contributed by atoms with van der Waals surface area (Å²) in [4.78, 5) is 8.98. The summed E-state index contributed by atoms with van der Waals surface area (Å²) in [6.45, 7) is 4.04. The largest absolute Gasteiger partial charge is 0.438 e. The molecule has 0 radical (unpaired) electrons. The van der Waals surface area contributed by atoms with Gasteiger partial charge in [-0.2, -0.15) is 0 Å². The van der Waals surface area contributed by atoms with Crippen LogP contribution in [-0.2, 0) is 0 Å². The van der Waals surface area contributed by atoms with E-state index in [1.54, 1.807) is 0 Å². The maximum atomic E-state index is 5.89. The highest BCUT2D eigenvalue weighted by Gasteiger charge is 2.13. The van der Waals surface area contributed by atoms with Crippen LogP contribution in [0.15, 0.2) is 53.1 Å². The summed E-state index contributed by atoms with van der Waals surface area (Å²) >= 11 is 0. The van der Waals surface area contributed by atoms with E-state index in [4.69, 9.17) is 4.42 Å². The molecule has 3 heterocycles. The lowest BCUT2D eigenvalue weighted by molar-refractivity contribution is 0.652. The first kappa shape index (κ1) is 12.1. The van der Waals surface area contributed by atoms with E-state index in [2.05, 4.69) is 35.1 Å². The van der Waals surface area contributed by atoms with E-state index in [0.717, 1.165) is 33.3 Å². The molecule has 0 spiro atoms. The minimum atomic E-state index is 0.685.